The monoisotopic (exact) mass is 349 g/mol. The minimum Gasteiger partial charge on any atom is -0.457 e. The number of methoxy groups -OCH3 is 1. The van der Waals surface area contributed by atoms with Crippen LogP contribution in [0, 0.1) is 0 Å². The van der Waals surface area contributed by atoms with Gasteiger partial charge >= 0.3 is 0 Å². The number of amides is 1. The molecule has 128 valence electrons. The minimum absolute atomic E-state index is 0.234. The van der Waals surface area contributed by atoms with E-state index in [1.807, 2.05) is 0 Å². The summed E-state index contributed by atoms with van der Waals surface area (Å²) in [6.07, 6.45) is 0.620. The molecule has 0 aliphatic rings. The van der Waals surface area contributed by atoms with Gasteiger partial charge in [0.2, 0.25) is 0 Å². The van der Waals surface area contributed by atoms with E-state index in [0.717, 1.165) is 6.26 Å². The number of hydrogen-bond donors (Lipinski definition) is 1. The third-order valence-corrected chi connectivity index (χ3v) is 4.46. The van der Waals surface area contributed by atoms with Crippen molar-refractivity contribution in [1.29, 1.82) is 0 Å². The van der Waals surface area contributed by atoms with Crippen LogP contribution in [0.2, 0.25) is 0 Å². The molecular weight excluding hydrogens is 330 g/mol. The van der Waals surface area contributed by atoms with Gasteiger partial charge in [-0.05, 0) is 55.5 Å². The van der Waals surface area contributed by atoms with Crippen molar-refractivity contribution in [3.8, 4) is 11.5 Å². The van der Waals surface area contributed by atoms with Crippen LogP contribution in [0.1, 0.15) is 6.92 Å². The van der Waals surface area contributed by atoms with Gasteiger partial charge in [-0.3, -0.25) is 4.79 Å². The lowest BCUT2D eigenvalue weighted by molar-refractivity contribution is -0.124. The number of anilines is 1. The standard InChI is InChI=1S/C17H19NO5S/c1-12(22-2)17(19)18-13-4-6-14(7-5-13)23-15-8-10-16(11-9-15)24(3,20)21/h4-12H,1-3H3,(H,18,19)/t12-/m1/s1. The van der Waals surface area contributed by atoms with E-state index in [1.54, 1.807) is 43.3 Å². The molecule has 0 unspecified atom stereocenters. The number of carbonyl (C=O) groups excluding carboxylic acids is 1. The lowest BCUT2D eigenvalue weighted by Gasteiger charge is -2.11. The van der Waals surface area contributed by atoms with Crippen LogP contribution in [-0.2, 0) is 19.4 Å². The van der Waals surface area contributed by atoms with Crippen LogP contribution in [0.3, 0.4) is 0 Å². The molecule has 0 spiro atoms. The molecule has 0 fully saturated rings. The molecule has 0 saturated carbocycles. The predicted octanol–water partition coefficient (Wildman–Crippen LogP) is 2.86. The Morgan fingerprint density at radius 2 is 1.50 bits per heavy atom. The van der Waals surface area contributed by atoms with Crippen molar-refractivity contribution in [2.75, 3.05) is 18.7 Å². The van der Waals surface area contributed by atoms with E-state index in [4.69, 9.17) is 9.47 Å². The van der Waals surface area contributed by atoms with Crippen LogP contribution >= 0.6 is 0 Å². The maximum Gasteiger partial charge on any atom is 0.253 e. The molecule has 0 aliphatic heterocycles. The van der Waals surface area contributed by atoms with Crippen molar-refractivity contribution < 1.29 is 22.7 Å². The van der Waals surface area contributed by atoms with Gasteiger partial charge in [0.05, 0.1) is 4.90 Å². The summed E-state index contributed by atoms with van der Waals surface area (Å²) >= 11 is 0. The second-order valence-electron chi connectivity index (χ2n) is 5.24. The zero-order valence-corrected chi connectivity index (χ0v) is 14.5. The van der Waals surface area contributed by atoms with Gasteiger partial charge in [0.15, 0.2) is 9.84 Å². The van der Waals surface area contributed by atoms with Crippen molar-refractivity contribution in [3.05, 3.63) is 48.5 Å². The van der Waals surface area contributed by atoms with Crippen molar-refractivity contribution >= 4 is 21.4 Å². The number of carbonyl (C=O) groups is 1. The summed E-state index contributed by atoms with van der Waals surface area (Å²) in [6.45, 7) is 1.66. The van der Waals surface area contributed by atoms with E-state index in [-0.39, 0.29) is 10.8 Å². The summed E-state index contributed by atoms with van der Waals surface area (Å²) in [5.74, 6) is 0.856. The molecule has 2 aromatic rings. The molecular formula is C17H19NO5S. The lowest BCUT2D eigenvalue weighted by Crippen LogP contribution is -2.26. The van der Waals surface area contributed by atoms with E-state index in [1.165, 1.54) is 19.2 Å². The summed E-state index contributed by atoms with van der Waals surface area (Å²) in [5, 5.41) is 2.72. The van der Waals surface area contributed by atoms with E-state index in [0.29, 0.717) is 17.2 Å². The number of hydrogen-bond acceptors (Lipinski definition) is 5. The van der Waals surface area contributed by atoms with E-state index >= 15 is 0 Å². The average Bonchev–Trinajstić information content (AvgIpc) is 2.55. The first-order chi connectivity index (χ1) is 11.3. The first-order valence-electron chi connectivity index (χ1n) is 7.21. The zero-order chi connectivity index (χ0) is 17.7. The Balaban J connectivity index is 2.02. The topological polar surface area (TPSA) is 81.7 Å². The first kappa shape index (κ1) is 18.0. The third-order valence-electron chi connectivity index (χ3n) is 3.33. The first-order valence-corrected chi connectivity index (χ1v) is 9.10. The predicted molar refractivity (Wildman–Crippen MR) is 91.2 cm³/mol. The van der Waals surface area contributed by atoms with Crippen LogP contribution < -0.4 is 10.1 Å². The molecule has 0 aliphatic carbocycles. The Morgan fingerprint density at radius 3 is 1.96 bits per heavy atom. The number of rotatable bonds is 6. The molecule has 1 N–H and O–H groups in total. The molecule has 1 amide bonds. The van der Waals surface area contributed by atoms with Crippen molar-refractivity contribution in [1.82, 2.24) is 0 Å². The van der Waals surface area contributed by atoms with Crippen molar-refractivity contribution in [3.63, 3.8) is 0 Å². The molecule has 2 rings (SSSR count). The fourth-order valence-electron chi connectivity index (χ4n) is 1.85. The summed E-state index contributed by atoms with van der Waals surface area (Å²) in [5.41, 5.74) is 0.628. The number of sulfone groups is 1. The maximum absolute atomic E-state index is 11.7. The van der Waals surface area contributed by atoms with E-state index < -0.39 is 15.9 Å². The van der Waals surface area contributed by atoms with Gasteiger partial charge in [-0.15, -0.1) is 0 Å². The molecule has 0 saturated heterocycles. The van der Waals surface area contributed by atoms with E-state index in [2.05, 4.69) is 5.32 Å². The molecule has 24 heavy (non-hydrogen) atoms. The Hall–Kier alpha value is -2.38. The molecule has 6 nitrogen and oxygen atoms in total. The molecule has 0 heterocycles. The van der Waals surface area contributed by atoms with Crippen LogP contribution in [0.25, 0.3) is 0 Å². The number of nitrogens with one attached hydrogen (secondary N) is 1. The van der Waals surface area contributed by atoms with Crippen molar-refractivity contribution in [2.45, 2.75) is 17.9 Å². The second kappa shape index (κ2) is 7.46. The Labute approximate surface area is 141 Å². The smallest absolute Gasteiger partial charge is 0.253 e. The molecule has 0 radical (unpaired) electrons. The fourth-order valence-corrected chi connectivity index (χ4v) is 2.48. The summed E-state index contributed by atoms with van der Waals surface area (Å²) in [4.78, 5) is 12.0. The molecule has 7 heteroatoms. The maximum atomic E-state index is 11.7. The highest BCUT2D eigenvalue weighted by Crippen LogP contribution is 2.24. The Kier molecular flexibility index (Phi) is 5.58. The van der Waals surface area contributed by atoms with Crippen LogP contribution in [0.4, 0.5) is 5.69 Å². The molecule has 0 aromatic heterocycles. The molecule has 0 bridgehead atoms. The highest BCUT2D eigenvalue weighted by molar-refractivity contribution is 7.90. The van der Waals surface area contributed by atoms with Crippen molar-refractivity contribution in [2.24, 2.45) is 0 Å². The molecule has 2 aromatic carbocycles. The molecule has 1 atom stereocenters. The highest BCUT2D eigenvalue weighted by atomic mass is 32.2. The van der Waals surface area contributed by atoms with E-state index in [9.17, 15) is 13.2 Å². The van der Waals surface area contributed by atoms with Crippen LogP contribution in [-0.4, -0.2) is 33.8 Å². The second-order valence-corrected chi connectivity index (χ2v) is 7.25. The van der Waals surface area contributed by atoms with Gasteiger partial charge in [0.1, 0.15) is 17.6 Å². The highest BCUT2D eigenvalue weighted by Gasteiger charge is 2.11. The summed E-state index contributed by atoms with van der Waals surface area (Å²) < 4.78 is 33.4. The van der Waals surface area contributed by atoms with Gasteiger partial charge < -0.3 is 14.8 Å². The largest absolute Gasteiger partial charge is 0.457 e. The zero-order valence-electron chi connectivity index (χ0n) is 13.6. The Bertz CT molecular complexity index is 798. The Morgan fingerprint density at radius 1 is 1.00 bits per heavy atom. The lowest BCUT2D eigenvalue weighted by atomic mass is 10.2. The van der Waals surface area contributed by atoms with Gasteiger partial charge in [-0.2, -0.15) is 0 Å². The third kappa shape index (κ3) is 4.81. The van der Waals surface area contributed by atoms with Crippen LogP contribution in [0.5, 0.6) is 11.5 Å². The normalized spacial score (nSPS) is 12.5. The van der Waals surface area contributed by atoms with Gasteiger partial charge in [-0.1, -0.05) is 0 Å². The minimum atomic E-state index is -3.22. The summed E-state index contributed by atoms with van der Waals surface area (Å²) in [6, 6.07) is 13.0. The SMILES string of the molecule is CO[C@H](C)C(=O)Nc1ccc(Oc2ccc(S(C)(=O)=O)cc2)cc1. The number of ether oxygens (including phenoxy) is 2. The van der Waals surface area contributed by atoms with Gasteiger partial charge in [0.25, 0.3) is 5.91 Å². The fraction of sp³-hybridized carbons (Fsp3) is 0.235. The quantitative estimate of drug-likeness (QED) is 0.867. The number of benzene rings is 2. The van der Waals surface area contributed by atoms with Crippen LogP contribution in [0.15, 0.2) is 53.4 Å². The van der Waals surface area contributed by atoms with Gasteiger partial charge in [-0.25, -0.2) is 8.42 Å². The van der Waals surface area contributed by atoms with Gasteiger partial charge in [0, 0.05) is 19.1 Å². The summed E-state index contributed by atoms with van der Waals surface area (Å²) in [7, 11) is -1.76. The average molecular weight is 349 g/mol.